The Bertz CT molecular complexity index is 856. The lowest BCUT2D eigenvalue weighted by Crippen LogP contribution is -1.73. The molecule has 19 heavy (non-hydrogen) atoms. The van der Waals surface area contributed by atoms with Crippen LogP contribution in [0.5, 0.6) is 0 Å². The summed E-state index contributed by atoms with van der Waals surface area (Å²) in [5.41, 5.74) is 3.38. The van der Waals surface area contributed by atoms with Crippen molar-refractivity contribution in [3.05, 3.63) is 48.0 Å². The van der Waals surface area contributed by atoms with Crippen LogP contribution in [0.3, 0.4) is 0 Å². The second-order valence-corrected chi connectivity index (χ2v) is 6.54. The van der Waals surface area contributed by atoms with Crippen molar-refractivity contribution in [3.8, 4) is 10.0 Å². The Morgan fingerprint density at radius 2 is 1.47 bits per heavy atom. The number of para-hydroxylation sites is 1. The monoisotopic (exact) mass is 282 g/mol. The molecule has 4 heteroatoms. The molecule has 2 aromatic carbocycles. The zero-order chi connectivity index (χ0) is 12.8. The van der Waals surface area contributed by atoms with Crippen LogP contribution in [0.1, 0.15) is 5.56 Å². The standard InChI is InChI=1S/C15H10N2S2/c1-9-6-7-11-13(8-9)19-15(17-11)14-16-10-4-2-3-5-12(10)18-14/h2-8H,1H3. The minimum Gasteiger partial charge on any atom is -0.233 e. The number of rotatable bonds is 1. The summed E-state index contributed by atoms with van der Waals surface area (Å²) in [7, 11) is 0. The van der Waals surface area contributed by atoms with Crippen molar-refractivity contribution in [2.45, 2.75) is 6.92 Å². The maximum atomic E-state index is 4.69. The molecule has 4 aromatic rings. The van der Waals surface area contributed by atoms with Crippen LogP contribution in [-0.2, 0) is 0 Å². The number of thiazole rings is 2. The van der Waals surface area contributed by atoms with Gasteiger partial charge in [-0.3, -0.25) is 0 Å². The summed E-state index contributed by atoms with van der Waals surface area (Å²) in [5.74, 6) is 0. The minimum absolute atomic E-state index is 1.01. The molecule has 92 valence electrons. The fourth-order valence-electron chi connectivity index (χ4n) is 2.09. The summed E-state index contributed by atoms with van der Waals surface area (Å²) < 4.78 is 2.45. The van der Waals surface area contributed by atoms with E-state index in [0.29, 0.717) is 0 Å². The highest BCUT2D eigenvalue weighted by molar-refractivity contribution is 7.27. The molecule has 0 aliphatic carbocycles. The number of fused-ring (bicyclic) bond motifs is 2. The second kappa shape index (κ2) is 4.11. The van der Waals surface area contributed by atoms with Gasteiger partial charge in [0.25, 0.3) is 0 Å². The Morgan fingerprint density at radius 1 is 0.789 bits per heavy atom. The van der Waals surface area contributed by atoms with Crippen molar-refractivity contribution in [2.24, 2.45) is 0 Å². The fourth-order valence-corrected chi connectivity index (χ4v) is 4.14. The molecule has 0 saturated carbocycles. The van der Waals surface area contributed by atoms with E-state index in [9.17, 15) is 0 Å². The smallest absolute Gasteiger partial charge is 0.153 e. The molecule has 4 rings (SSSR count). The summed E-state index contributed by atoms with van der Waals surface area (Å²) in [6, 6.07) is 14.6. The van der Waals surface area contributed by atoms with Gasteiger partial charge in [-0.25, -0.2) is 9.97 Å². The van der Waals surface area contributed by atoms with Gasteiger partial charge >= 0.3 is 0 Å². The molecule has 2 heterocycles. The Kier molecular flexibility index (Phi) is 2.40. The molecular weight excluding hydrogens is 272 g/mol. The molecule has 0 atom stereocenters. The molecule has 2 nitrogen and oxygen atoms in total. The first kappa shape index (κ1) is 11.1. The van der Waals surface area contributed by atoms with Gasteiger partial charge in [0.15, 0.2) is 10.0 Å². The largest absolute Gasteiger partial charge is 0.233 e. The first-order valence-corrected chi connectivity index (χ1v) is 7.66. The van der Waals surface area contributed by atoms with Gasteiger partial charge in [-0.1, -0.05) is 18.2 Å². The SMILES string of the molecule is Cc1ccc2nc(-c3nc4ccccc4s3)sc2c1. The lowest BCUT2D eigenvalue weighted by atomic mass is 10.2. The predicted octanol–water partition coefficient (Wildman–Crippen LogP) is 4.88. The second-order valence-electron chi connectivity index (χ2n) is 4.48. The Hall–Kier alpha value is -1.78. The van der Waals surface area contributed by atoms with E-state index in [0.717, 1.165) is 21.0 Å². The highest BCUT2D eigenvalue weighted by atomic mass is 32.1. The van der Waals surface area contributed by atoms with Crippen molar-refractivity contribution in [1.29, 1.82) is 0 Å². The highest BCUT2D eigenvalue weighted by Crippen LogP contribution is 2.35. The van der Waals surface area contributed by atoms with Gasteiger partial charge in [-0.15, -0.1) is 22.7 Å². The van der Waals surface area contributed by atoms with E-state index in [-0.39, 0.29) is 0 Å². The first-order valence-electron chi connectivity index (χ1n) is 6.03. The van der Waals surface area contributed by atoms with Crippen LogP contribution in [-0.4, -0.2) is 9.97 Å². The maximum Gasteiger partial charge on any atom is 0.153 e. The minimum atomic E-state index is 1.01. The Labute approximate surface area is 118 Å². The van der Waals surface area contributed by atoms with E-state index >= 15 is 0 Å². The lowest BCUT2D eigenvalue weighted by Gasteiger charge is -1.88. The van der Waals surface area contributed by atoms with Crippen molar-refractivity contribution < 1.29 is 0 Å². The molecule has 0 N–H and O–H groups in total. The third kappa shape index (κ3) is 1.84. The van der Waals surface area contributed by atoms with Crippen molar-refractivity contribution in [1.82, 2.24) is 9.97 Å². The fraction of sp³-hybridized carbons (Fsp3) is 0.0667. The number of benzene rings is 2. The van der Waals surface area contributed by atoms with Gasteiger partial charge in [0, 0.05) is 0 Å². The summed E-state index contributed by atoms with van der Waals surface area (Å²) in [5, 5.41) is 2.03. The predicted molar refractivity (Wildman–Crippen MR) is 83.0 cm³/mol. The lowest BCUT2D eigenvalue weighted by molar-refractivity contribution is 1.41. The number of hydrogen-bond acceptors (Lipinski definition) is 4. The molecule has 0 aliphatic rings. The maximum absolute atomic E-state index is 4.69. The van der Waals surface area contributed by atoms with Gasteiger partial charge in [-0.05, 0) is 36.8 Å². The normalized spacial score (nSPS) is 11.4. The molecule has 0 radical (unpaired) electrons. The van der Waals surface area contributed by atoms with Crippen LogP contribution in [0.2, 0.25) is 0 Å². The van der Waals surface area contributed by atoms with Crippen molar-refractivity contribution >= 4 is 43.1 Å². The average Bonchev–Trinajstić information content (AvgIpc) is 3.00. The zero-order valence-electron chi connectivity index (χ0n) is 10.3. The Balaban J connectivity index is 1.93. The number of nitrogens with zero attached hydrogens (tertiary/aromatic N) is 2. The molecular formula is C15H10N2S2. The topological polar surface area (TPSA) is 25.8 Å². The van der Waals surface area contributed by atoms with Gasteiger partial charge in [0.1, 0.15) is 0 Å². The molecule has 0 amide bonds. The molecule has 0 bridgehead atoms. The van der Waals surface area contributed by atoms with Crippen molar-refractivity contribution in [3.63, 3.8) is 0 Å². The van der Waals surface area contributed by atoms with Gasteiger partial charge in [0.05, 0.1) is 20.4 Å². The molecule has 0 spiro atoms. The third-order valence-corrected chi connectivity index (χ3v) is 5.22. The van der Waals surface area contributed by atoms with Crippen LogP contribution >= 0.6 is 22.7 Å². The van der Waals surface area contributed by atoms with E-state index < -0.39 is 0 Å². The van der Waals surface area contributed by atoms with Crippen LogP contribution in [0.4, 0.5) is 0 Å². The summed E-state index contributed by atoms with van der Waals surface area (Å²) >= 11 is 3.42. The molecule has 0 fully saturated rings. The van der Waals surface area contributed by atoms with Gasteiger partial charge < -0.3 is 0 Å². The molecule has 0 saturated heterocycles. The van der Waals surface area contributed by atoms with Gasteiger partial charge in [-0.2, -0.15) is 0 Å². The van der Waals surface area contributed by atoms with Crippen LogP contribution in [0.25, 0.3) is 30.4 Å². The van der Waals surface area contributed by atoms with Crippen LogP contribution in [0.15, 0.2) is 42.5 Å². The number of hydrogen-bond donors (Lipinski definition) is 0. The van der Waals surface area contributed by atoms with E-state index in [1.54, 1.807) is 22.7 Å². The van der Waals surface area contributed by atoms with Crippen LogP contribution in [0, 0.1) is 6.92 Å². The van der Waals surface area contributed by atoms with Gasteiger partial charge in [0.2, 0.25) is 0 Å². The molecule has 2 aromatic heterocycles. The molecule has 0 aliphatic heterocycles. The van der Waals surface area contributed by atoms with Crippen LogP contribution < -0.4 is 0 Å². The highest BCUT2D eigenvalue weighted by Gasteiger charge is 2.11. The quantitative estimate of drug-likeness (QED) is 0.497. The Morgan fingerprint density at radius 3 is 2.26 bits per heavy atom. The summed E-state index contributed by atoms with van der Waals surface area (Å²) in [6.45, 7) is 2.11. The first-order chi connectivity index (χ1) is 9.29. The van der Waals surface area contributed by atoms with E-state index in [1.165, 1.54) is 15.0 Å². The van der Waals surface area contributed by atoms with E-state index in [4.69, 9.17) is 0 Å². The number of aryl methyl sites for hydroxylation is 1. The summed E-state index contributed by atoms with van der Waals surface area (Å²) in [4.78, 5) is 9.35. The third-order valence-electron chi connectivity index (χ3n) is 3.02. The zero-order valence-corrected chi connectivity index (χ0v) is 11.9. The molecule has 0 unspecified atom stereocenters. The van der Waals surface area contributed by atoms with E-state index in [2.05, 4.69) is 41.2 Å². The van der Waals surface area contributed by atoms with Crippen molar-refractivity contribution in [2.75, 3.05) is 0 Å². The average molecular weight is 282 g/mol. The summed E-state index contributed by atoms with van der Waals surface area (Å²) in [6.07, 6.45) is 0. The number of aromatic nitrogens is 2. The van der Waals surface area contributed by atoms with E-state index in [1.807, 2.05) is 18.2 Å².